The van der Waals surface area contributed by atoms with Gasteiger partial charge in [0.05, 0.1) is 28.4 Å². The first-order valence-corrected chi connectivity index (χ1v) is 7.51. The van der Waals surface area contributed by atoms with Crippen LogP contribution >= 0.6 is 0 Å². The molecule has 8 nitrogen and oxygen atoms in total. The number of aromatic nitrogens is 4. The lowest BCUT2D eigenvalue weighted by Crippen LogP contribution is -2.24. The fourth-order valence-corrected chi connectivity index (χ4v) is 2.72. The first-order chi connectivity index (χ1) is 12.1. The van der Waals surface area contributed by atoms with Gasteiger partial charge in [0.15, 0.2) is 0 Å². The van der Waals surface area contributed by atoms with Gasteiger partial charge in [0.2, 0.25) is 11.9 Å². The summed E-state index contributed by atoms with van der Waals surface area (Å²) in [7, 11) is 0. The SMILES string of the molecule is CC(=O)N(c1ccc(N)cc1)c1nc2nc3cc(C#N)ccc3n2[nH]1. The second-order valence-corrected chi connectivity index (χ2v) is 5.56. The van der Waals surface area contributed by atoms with E-state index >= 15 is 0 Å². The molecule has 0 aliphatic rings. The number of anilines is 3. The Bertz CT molecular complexity index is 1150. The van der Waals surface area contributed by atoms with E-state index in [-0.39, 0.29) is 5.91 Å². The number of hydrogen-bond acceptors (Lipinski definition) is 5. The van der Waals surface area contributed by atoms with Crippen LogP contribution in [0.4, 0.5) is 17.3 Å². The minimum atomic E-state index is -0.196. The van der Waals surface area contributed by atoms with Crippen LogP contribution in [0.2, 0.25) is 0 Å². The number of carbonyl (C=O) groups is 1. The zero-order chi connectivity index (χ0) is 17.6. The van der Waals surface area contributed by atoms with Crippen molar-refractivity contribution in [2.75, 3.05) is 10.6 Å². The molecule has 0 unspecified atom stereocenters. The molecular formula is C17H13N7O. The topological polar surface area (TPSA) is 116 Å². The van der Waals surface area contributed by atoms with Crippen LogP contribution in [0.15, 0.2) is 42.5 Å². The fourth-order valence-electron chi connectivity index (χ4n) is 2.72. The molecule has 0 radical (unpaired) electrons. The number of nitrogens with one attached hydrogen (secondary N) is 1. The van der Waals surface area contributed by atoms with Gasteiger partial charge in [-0.2, -0.15) is 10.2 Å². The van der Waals surface area contributed by atoms with Crippen molar-refractivity contribution >= 4 is 40.0 Å². The van der Waals surface area contributed by atoms with Crippen LogP contribution < -0.4 is 10.6 Å². The average Bonchev–Trinajstić information content (AvgIpc) is 3.13. The van der Waals surface area contributed by atoms with E-state index in [9.17, 15) is 4.79 Å². The summed E-state index contributed by atoms with van der Waals surface area (Å²) in [5.74, 6) is 0.575. The van der Waals surface area contributed by atoms with E-state index < -0.39 is 0 Å². The highest BCUT2D eigenvalue weighted by Gasteiger charge is 2.20. The molecule has 4 aromatic rings. The summed E-state index contributed by atoms with van der Waals surface area (Å²) in [6, 6.07) is 14.2. The molecule has 0 atom stereocenters. The molecule has 2 heterocycles. The Morgan fingerprint density at radius 3 is 2.68 bits per heavy atom. The Morgan fingerprint density at radius 1 is 1.24 bits per heavy atom. The molecule has 0 fully saturated rings. The zero-order valence-corrected chi connectivity index (χ0v) is 13.3. The number of nitrogens with two attached hydrogens (primary N) is 1. The number of amides is 1. The molecule has 8 heteroatoms. The smallest absolute Gasteiger partial charge is 0.253 e. The molecule has 2 aromatic heterocycles. The number of nitrogen functional groups attached to an aromatic ring is 1. The molecule has 2 aromatic carbocycles. The predicted octanol–water partition coefficient (Wildman–Crippen LogP) is 2.35. The maximum absolute atomic E-state index is 12.1. The van der Waals surface area contributed by atoms with Gasteiger partial charge >= 0.3 is 0 Å². The van der Waals surface area contributed by atoms with E-state index in [1.807, 2.05) is 0 Å². The Morgan fingerprint density at radius 2 is 2.00 bits per heavy atom. The van der Waals surface area contributed by atoms with Gasteiger partial charge in [-0.05, 0) is 42.5 Å². The highest BCUT2D eigenvalue weighted by molar-refractivity contribution is 5.97. The number of hydrogen-bond donors (Lipinski definition) is 2. The van der Waals surface area contributed by atoms with Gasteiger partial charge in [-0.25, -0.2) is 14.4 Å². The van der Waals surface area contributed by atoms with Crippen molar-refractivity contribution in [3.8, 4) is 6.07 Å². The Labute approximate surface area is 142 Å². The lowest BCUT2D eigenvalue weighted by Gasteiger charge is -2.17. The van der Waals surface area contributed by atoms with Gasteiger partial charge in [0.1, 0.15) is 0 Å². The van der Waals surface area contributed by atoms with Crippen LogP contribution in [-0.2, 0) is 4.79 Å². The van der Waals surface area contributed by atoms with E-state index in [2.05, 4.69) is 21.1 Å². The second kappa shape index (κ2) is 5.35. The molecule has 0 saturated heterocycles. The van der Waals surface area contributed by atoms with Crippen molar-refractivity contribution in [2.45, 2.75) is 6.92 Å². The summed E-state index contributed by atoms with van der Waals surface area (Å²) in [6.45, 7) is 1.46. The quantitative estimate of drug-likeness (QED) is 0.547. The molecule has 0 saturated carbocycles. The number of benzene rings is 2. The van der Waals surface area contributed by atoms with E-state index in [0.29, 0.717) is 34.2 Å². The second-order valence-electron chi connectivity index (χ2n) is 5.56. The van der Waals surface area contributed by atoms with Crippen molar-refractivity contribution in [2.24, 2.45) is 0 Å². The highest BCUT2D eigenvalue weighted by Crippen LogP contribution is 2.25. The number of aromatic amines is 1. The van der Waals surface area contributed by atoms with Crippen LogP contribution in [0.3, 0.4) is 0 Å². The van der Waals surface area contributed by atoms with E-state index in [1.165, 1.54) is 11.8 Å². The van der Waals surface area contributed by atoms with Crippen molar-refractivity contribution in [1.82, 2.24) is 19.6 Å². The summed E-state index contributed by atoms with van der Waals surface area (Å²) < 4.78 is 1.68. The van der Waals surface area contributed by atoms with Gasteiger partial charge in [-0.3, -0.25) is 9.89 Å². The van der Waals surface area contributed by atoms with Gasteiger partial charge in [0.25, 0.3) is 5.78 Å². The van der Waals surface area contributed by atoms with Crippen LogP contribution in [0, 0.1) is 11.3 Å². The third-order valence-corrected chi connectivity index (χ3v) is 3.86. The van der Waals surface area contributed by atoms with E-state index in [0.717, 1.165) is 5.52 Å². The third-order valence-electron chi connectivity index (χ3n) is 3.86. The Hall–Kier alpha value is -3.86. The molecular weight excluding hydrogens is 318 g/mol. The molecule has 1 amide bonds. The van der Waals surface area contributed by atoms with Crippen molar-refractivity contribution in [3.05, 3.63) is 48.0 Å². The lowest BCUT2D eigenvalue weighted by molar-refractivity contribution is -0.115. The number of nitrogens with zero attached hydrogens (tertiary/aromatic N) is 5. The molecule has 0 bridgehead atoms. The highest BCUT2D eigenvalue weighted by atomic mass is 16.2. The van der Waals surface area contributed by atoms with Crippen molar-refractivity contribution < 1.29 is 4.79 Å². The number of rotatable bonds is 2. The number of fused-ring (bicyclic) bond motifs is 3. The zero-order valence-electron chi connectivity index (χ0n) is 13.3. The van der Waals surface area contributed by atoms with Gasteiger partial charge in [0, 0.05) is 12.6 Å². The summed E-state index contributed by atoms with van der Waals surface area (Å²) in [6.07, 6.45) is 0. The average molecular weight is 331 g/mol. The maximum atomic E-state index is 12.1. The molecule has 3 N–H and O–H groups in total. The van der Waals surface area contributed by atoms with Gasteiger partial charge < -0.3 is 5.73 Å². The number of H-pyrrole nitrogens is 1. The van der Waals surface area contributed by atoms with Crippen LogP contribution in [0.5, 0.6) is 0 Å². The van der Waals surface area contributed by atoms with Crippen LogP contribution in [-0.4, -0.2) is 25.5 Å². The molecule has 0 aliphatic heterocycles. The van der Waals surface area contributed by atoms with Crippen molar-refractivity contribution in [3.63, 3.8) is 0 Å². The minimum absolute atomic E-state index is 0.196. The van der Waals surface area contributed by atoms with Gasteiger partial charge in [-0.15, -0.1) is 0 Å². The summed E-state index contributed by atoms with van der Waals surface area (Å²) >= 11 is 0. The largest absolute Gasteiger partial charge is 0.399 e. The molecule has 122 valence electrons. The molecule has 4 rings (SSSR count). The number of carbonyl (C=O) groups excluding carboxylic acids is 1. The van der Waals surface area contributed by atoms with Crippen LogP contribution in [0.25, 0.3) is 16.8 Å². The number of nitriles is 1. The minimum Gasteiger partial charge on any atom is -0.399 e. The Balaban J connectivity index is 1.86. The predicted molar refractivity (Wildman–Crippen MR) is 93.2 cm³/mol. The Kier molecular flexibility index (Phi) is 3.15. The maximum Gasteiger partial charge on any atom is 0.253 e. The summed E-state index contributed by atoms with van der Waals surface area (Å²) in [5.41, 5.74) is 8.93. The standard InChI is InChI=1S/C17H13N7O/c1-10(25)23(13-5-3-12(19)4-6-13)17-21-16-20-14-8-11(9-18)2-7-15(14)24(16)22-17/h2-8H,19H2,1H3,(H,20,21,22). The first kappa shape index (κ1) is 14.7. The van der Waals surface area contributed by atoms with Crippen molar-refractivity contribution in [1.29, 1.82) is 5.26 Å². The summed E-state index contributed by atoms with van der Waals surface area (Å²) in [5, 5.41) is 12.1. The lowest BCUT2D eigenvalue weighted by atomic mass is 10.2. The van der Waals surface area contributed by atoms with Crippen LogP contribution in [0.1, 0.15) is 12.5 Å². The van der Waals surface area contributed by atoms with E-state index in [1.54, 1.807) is 47.0 Å². The molecule has 25 heavy (non-hydrogen) atoms. The van der Waals surface area contributed by atoms with Gasteiger partial charge in [-0.1, -0.05) is 0 Å². The fraction of sp³-hybridized carbons (Fsp3) is 0.0588. The molecule has 0 aliphatic carbocycles. The normalized spacial score (nSPS) is 10.9. The monoisotopic (exact) mass is 331 g/mol. The number of imidazole rings is 1. The van der Waals surface area contributed by atoms with E-state index in [4.69, 9.17) is 11.0 Å². The third kappa shape index (κ3) is 2.35. The first-order valence-electron chi connectivity index (χ1n) is 7.51. The molecule has 0 spiro atoms. The summed E-state index contributed by atoms with van der Waals surface area (Å²) in [4.78, 5) is 22.4.